The van der Waals surface area contributed by atoms with Crippen LogP contribution in [0.1, 0.15) is 13.8 Å². The summed E-state index contributed by atoms with van der Waals surface area (Å²) in [7, 11) is -1.15. The van der Waals surface area contributed by atoms with Crippen LogP contribution in [0.15, 0.2) is 27.5 Å². The second kappa shape index (κ2) is 2.92. The Bertz CT molecular complexity index is 250. The molecule has 54 valence electrons. The Labute approximate surface area is 62.9 Å². The van der Waals surface area contributed by atoms with Gasteiger partial charge in [0.15, 0.2) is 11.0 Å². The van der Waals surface area contributed by atoms with E-state index >= 15 is 0 Å². The summed E-state index contributed by atoms with van der Waals surface area (Å²) in [5, 5.41) is 1.57. The maximum atomic E-state index is 10.8. The van der Waals surface area contributed by atoms with Crippen LogP contribution in [0.3, 0.4) is 0 Å². The average molecular weight is 155 g/mol. The van der Waals surface area contributed by atoms with Crippen molar-refractivity contribution in [3.05, 3.63) is 23.1 Å². The van der Waals surface area contributed by atoms with Crippen LogP contribution < -0.4 is 0 Å². The van der Waals surface area contributed by atoms with E-state index in [0.717, 1.165) is 11.3 Å². The Kier molecular flexibility index (Phi) is 2.17. The molecule has 1 aliphatic rings. The highest BCUT2D eigenvalue weighted by Crippen LogP contribution is 2.04. The highest BCUT2D eigenvalue weighted by atomic mass is 32.2. The first-order valence-electron chi connectivity index (χ1n) is 3.01. The summed E-state index contributed by atoms with van der Waals surface area (Å²) in [4.78, 5) is 0. The van der Waals surface area contributed by atoms with Crippen LogP contribution in [0.2, 0.25) is 0 Å². The van der Waals surface area contributed by atoms with Crippen LogP contribution in [-0.4, -0.2) is 9.92 Å². The van der Waals surface area contributed by atoms with Crippen LogP contribution in [0.5, 0.6) is 0 Å². The molecule has 2 nitrogen and oxygen atoms in total. The molecule has 1 heterocycles. The van der Waals surface area contributed by atoms with Crippen molar-refractivity contribution < 1.29 is 4.21 Å². The first kappa shape index (κ1) is 7.41. The second-order valence-electron chi connectivity index (χ2n) is 2.13. The molecular weight excluding hydrogens is 146 g/mol. The summed E-state index contributed by atoms with van der Waals surface area (Å²) < 4.78 is 14.7. The summed E-state index contributed by atoms with van der Waals surface area (Å²) in [6, 6.07) is 0. The molecule has 0 saturated carbocycles. The van der Waals surface area contributed by atoms with Gasteiger partial charge in [0, 0.05) is 5.41 Å². The van der Waals surface area contributed by atoms with Gasteiger partial charge >= 0.3 is 0 Å². The third-order valence-electron chi connectivity index (χ3n) is 1.34. The molecule has 10 heavy (non-hydrogen) atoms. The summed E-state index contributed by atoms with van der Waals surface area (Å²) in [6.45, 7) is 3.81. The molecule has 0 radical (unpaired) electrons. The molecule has 0 aromatic rings. The molecule has 0 fully saturated rings. The molecule has 0 aliphatic carbocycles. The Morgan fingerprint density at radius 3 is 2.90 bits per heavy atom. The first-order chi connectivity index (χ1) is 4.70. The summed E-state index contributed by atoms with van der Waals surface area (Å²) in [6.07, 6.45) is 3.68. The number of allylic oxidation sites excluding steroid dienone is 3. The van der Waals surface area contributed by atoms with E-state index in [2.05, 4.69) is 4.40 Å². The van der Waals surface area contributed by atoms with Gasteiger partial charge in [0.25, 0.3) is 0 Å². The zero-order valence-corrected chi connectivity index (χ0v) is 6.81. The van der Waals surface area contributed by atoms with Crippen LogP contribution in [0, 0.1) is 0 Å². The van der Waals surface area contributed by atoms with Gasteiger partial charge in [0.05, 0.1) is 5.71 Å². The highest BCUT2D eigenvalue weighted by molar-refractivity contribution is 7.86. The standard InChI is InChI=1S/C7H9NOS/c1-6-4-3-5-10(9)8-7(6)2/h3-5H,1-2H3. The molecule has 0 bridgehead atoms. The van der Waals surface area contributed by atoms with Gasteiger partial charge in [-0.2, -0.15) is 4.40 Å². The summed E-state index contributed by atoms with van der Waals surface area (Å²) in [5.74, 6) is 0. The number of hydrogen-bond acceptors (Lipinski definition) is 1. The minimum absolute atomic E-state index is 0.850. The molecule has 1 rings (SSSR count). The lowest BCUT2D eigenvalue weighted by molar-refractivity contribution is 0.689. The zero-order chi connectivity index (χ0) is 7.56. The van der Waals surface area contributed by atoms with Gasteiger partial charge in [0.2, 0.25) is 0 Å². The lowest BCUT2D eigenvalue weighted by Gasteiger charge is -1.93. The van der Waals surface area contributed by atoms with Gasteiger partial charge in [0.1, 0.15) is 0 Å². The van der Waals surface area contributed by atoms with Gasteiger partial charge in [-0.15, -0.1) is 0 Å². The van der Waals surface area contributed by atoms with Crippen LogP contribution in [0.4, 0.5) is 0 Å². The quantitative estimate of drug-likeness (QED) is 0.522. The van der Waals surface area contributed by atoms with E-state index in [4.69, 9.17) is 0 Å². The monoisotopic (exact) mass is 155 g/mol. The van der Waals surface area contributed by atoms with Crippen molar-refractivity contribution in [3.63, 3.8) is 0 Å². The summed E-state index contributed by atoms with van der Waals surface area (Å²) in [5.41, 5.74) is 1.92. The van der Waals surface area contributed by atoms with Gasteiger partial charge < -0.3 is 0 Å². The summed E-state index contributed by atoms with van der Waals surface area (Å²) >= 11 is 0. The van der Waals surface area contributed by atoms with Crippen molar-refractivity contribution >= 4 is 16.7 Å². The molecule has 1 atom stereocenters. The predicted molar refractivity (Wildman–Crippen MR) is 44.1 cm³/mol. The number of hydrogen-bond donors (Lipinski definition) is 0. The number of nitrogens with zero attached hydrogens (tertiary/aromatic N) is 1. The third-order valence-corrected chi connectivity index (χ3v) is 2.18. The lowest BCUT2D eigenvalue weighted by atomic mass is 10.2. The van der Waals surface area contributed by atoms with E-state index in [1.807, 2.05) is 19.9 Å². The SMILES string of the molecule is CC1=CC=CS(=O)N=C1C. The Balaban J connectivity index is 3.02. The second-order valence-corrected chi connectivity index (χ2v) is 3.14. The van der Waals surface area contributed by atoms with Crippen molar-refractivity contribution in [3.8, 4) is 0 Å². The highest BCUT2D eigenvalue weighted by Gasteiger charge is 1.98. The predicted octanol–water partition coefficient (Wildman–Crippen LogP) is 1.58. The fourth-order valence-electron chi connectivity index (χ4n) is 0.609. The Hall–Kier alpha value is -0.700. The van der Waals surface area contributed by atoms with E-state index in [9.17, 15) is 4.21 Å². The molecule has 1 unspecified atom stereocenters. The fourth-order valence-corrected chi connectivity index (χ4v) is 1.30. The fraction of sp³-hybridized carbons (Fsp3) is 0.286. The lowest BCUT2D eigenvalue weighted by Crippen LogP contribution is -1.92. The molecule has 0 amide bonds. The molecule has 0 aromatic heterocycles. The van der Waals surface area contributed by atoms with Gasteiger partial charge in [-0.1, -0.05) is 12.2 Å². The van der Waals surface area contributed by atoms with Crippen molar-refractivity contribution in [2.75, 3.05) is 0 Å². The zero-order valence-electron chi connectivity index (χ0n) is 6.00. The molecule has 0 aromatic carbocycles. The van der Waals surface area contributed by atoms with Crippen molar-refractivity contribution in [1.29, 1.82) is 0 Å². The van der Waals surface area contributed by atoms with Crippen molar-refractivity contribution in [2.45, 2.75) is 13.8 Å². The van der Waals surface area contributed by atoms with E-state index in [0.29, 0.717) is 0 Å². The maximum Gasteiger partial charge on any atom is 0.165 e. The average Bonchev–Trinajstić information content (AvgIpc) is 1.96. The maximum absolute atomic E-state index is 10.8. The Morgan fingerprint density at radius 1 is 1.50 bits per heavy atom. The molecule has 0 spiro atoms. The van der Waals surface area contributed by atoms with E-state index in [1.165, 1.54) is 0 Å². The molecule has 1 aliphatic heterocycles. The van der Waals surface area contributed by atoms with Crippen LogP contribution in [0.25, 0.3) is 0 Å². The van der Waals surface area contributed by atoms with E-state index in [-0.39, 0.29) is 0 Å². The Morgan fingerprint density at radius 2 is 2.20 bits per heavy atom. The van der Waals surface area contributed by atoms with Crippen LogP contribution in [-0.2, 0) is 11.0 Å². The van der Waals surface area contributed by atoms with Gasteiger partial charge in [-0.05, 0) is 19.4 Å². The van der Waals surface area contributed by atoms with Crippen molar-refractivity contribution in [2.24, 2.45) is 4.40 Å². The third kappa shape index (κ3) is 1.64. The molecule has 3 heteroatoms. The van der Waals surface area contributed by atoms with E-state index in [1.54, 1.807) is 11.5 Å². The van der Waals surface area contributed by atoms with Crippen molar-refractivity contribution in [1.82, 2.24) is 0 Å². The molecular formula is C7H9NOS. The topological polar surface area (TPSA) is 29.4 Å². The molecule has 0 saturated heterocycles. The normalized spacial score (nSPS) is 25.2. The first-order valence-corrected chi connectivity index (χ1v) is 4.18. The minimum atomic E-state index is -1.15. The van der Waals surface area contributed by atoms with Gasteiger partial charge in [-0.3, -0.25) is 0 Å². The minimum Gasteiger partial charge on any atom is -0.230 e. The number of rotatable bonds is 0. The van der Waals surface area contributed by atoms with Crippen LogP contribution >= 0.6 is 0 Å². The largest absolute Gasteiger partial charge is 0.230 e. The smallest absolute Gasteiger partial charge is 0.165 e. The van der Waals surface area contributed by atoms with E-state index < -0.39 is 11.0 Å². The molecule has 0 N–H and O–H groups in total. The van der Waals surface area contributed by atoms with Gasteiger partial charge in [-0.25, -0.2) is 4.21 Å².